The molecule has 22 heteroatoms. The minimum Gasteiger partial charge on any atom is -0.413 e. The van der Waals surface area contributed by atoms with E-state index in [2.05, 4.69) is 74.2 Å². The van der Waals surface area contributed by atoms with Crippen LogP contribution < -0.4 is 25.9 Å². The molecule has 5 fully saturated rings. The highest BCUT2D eigenvalue weighted by Crippen LogP contribution is 2.39. The number of nitrogens with zero attached hydrogens (tertiary/aromatic N) is 6. The third-order valence-electron chi connectivity index (χ3n) is 17.4. The predicted molar refractivity (Wildman–Crippen MR) is 343 cm³/mol. The minimum atomic E-state index is -4.20. The van der Waals surface area contributed by atoms with Gasteiger partial charge in [0.25, 0.3) is 0 Å². The second-order valence-electron chi connectivity index (χ2n) is 25.4. The van der Waals surface area contributed by atoms with Crippen molar-refractivity contribution in [3.8, 4) is 11.1 Å². The summed E-state index contributed by atoms with van der Waals surface area (Å²) in [5.41, 5.74) is 7.03. The van der Waals surface area contributed by atoms with Gasteiger partial charge in [0.1, 0.15) is 11.6 Å². The number of carbonyl (C=O) groups is 2. The van der Waals surface area contributed by atoms with E-state index in [1.807, 2.05) is 100 Å². The first kappa shape index (κ1) is 68.0. The summed E-state index contributed by atoms with van der Waals surface area (Å²) in [5.74, 6) is 1.87. The second-order valence-corrected chi connectivity index (χ2v) is 30.7. The molecule has 0 radical (unpaired) electrons. The number of aliphatic hydroxyl groups excluding tert-OH is 1. The Morgan fingerprint density at radius 1 is 0.744 bits per heavy atom. The van der Waals surface area contributed by atoms with Gasteiger partial charge in [0.15, 0.2) is 8.32 Å². The summed E-state index contributed by atoms with van der Waals surface area (Å²) in [4.78, 5) is 42.6. The molecule has 0 saturated carbocycles. The number of amides is 4. The predicted octanol–water partition coefficient (Wildman–Crippen LogP) is 12.9. The first-order valence-electron chi connectivity index (χ1n) is 30.2. The number of nitrogens with one attached hydrogen (secondary N) is 2. The normalized spacial score (nSPS) is 19.8. The fourth-order valence-corrected chi connectivity index (χ4v) is 11.5. The second kappa shape index (κ2) is 29.7. The number of pyridine rings is 2. The van der Waals surface area contributed by atoms with E-state index in [9.17, 15) is 27.9 Å². The minimum absolute atomic E-state index is 0.0314. The summed E-state index contributed by atoms with van der Waals surface area (Å²) >= 11 is 6.26. The number of aliphatic hydroxyl groups is 1. The van der Waals surface area contributed by atoms with Crippen molar-refractivity contribution in [1.29, 1.82) is 0 Å². The fraction of sp³-hybridized carbons (Fsp3) is 0.562. The molecule has 16 nitrogen and oxygen atoms in total. The Hall–Kier alpha value is -5.52. The number of urea groups is 2. The third kappa shape index (κ3) is 19.0. The van der Waals surface area contributed by atoms with Gasteiger partial charge in [0, 0.05) is 75.2 Å². The molecule has 86 heavy (non-hydrogen) atoms. The molecule has 3 N–H and O–H groups in total. The standard InChI is InChI=1S/C26H34N4O3.C20H28BF3N2O3.C18H29ClN2O2Si/c1-3-20-8-9-30(18-20)26(32)28-23-7-6-19(2)24(17-23)21-15-22(5-4-12-31)27-25(16-21)29-10-13-33-14-11-29;1-13-6-7-15(10-16(13)21-28-18(2,3)19(4,5)29-21)25-17(27)26-9-8-14(12-26)11-20(22,23)24;1-18(2,3)24(4,5)23-10-6-7-16-13-15(19)14-17(20-16)21-8-11-22-12-9-21/h4-7,15-17,20,31H,3,8-14,18H2,1-2H3,(H,28,32);6-7,10,14H,8-9,11-12H2,1-5H3,(H,25,27);6-7,13-14H,8-12H2,1-5H3/b5-4+;;7-6+/t20-;14-;/m10./s1. The number of aromatic nitrogens is 2. The van der Waals surface area contributed by atoms with E-state index in [1.54, 1.807) is 18.2 Å². The Kier molecular flexibility index (Phi) is 23.4. The van der Waals surface area contributed by atoms with Crippen LogP contribution in [0, 0.1) is 25.7 Å². The van der Waals surface area contributed by atoms with E-state index in [1.165, 1.54) is 4.90 Å². The lowest BCUT2D eigenvalue weighted by molar-refractivity contribution is -0.143. The molecule has 5 saturated heterocycles. The number of benzene rings is 2. The molecule has 2 aromatic carbocycles. The van der Waals surface area contributed by atoms with Crippen LogP contribution in [0.15, 0.2) is 72.8 Å². The zero-order valence-corrected chi connectivity index (χ0v) is 54.3. The smallest absolute Gasteiger partial charge is 0.413 e. The van der Waals surface area contributed by atoms with Gasteiger partial charge in [-0.3, -0.25) is 0 Å². The molecule has 0 aliphatic carbocycles. The van der Waals surface area contributed by atoms with E-state index in [0.717, 1.165) is 122 Å². The van der Waals surface area contributed by atoms with Crippen molar-refractivity contribution in [2.45, 2.75) is 130 Å². The number of ether oxygens (including phenoxy) is 2. The van der Waals surface area contributed by atoms with Crippen molar-refractivity contribution < 1.29 is 51.1 Å². The molecule has 0 bridgehead atoms. The van der Waals surface area contributed by atoms with Crippen LogP contribution in [-0.4, -0.2) is 162 Å². The number of aryl methyl sites for hydroxylation is 2. The molecular weight excluding hydrogens is 1140 g/mol. The number of rotatable bonds is 14. The fourth-order valence-electron chi connectivity index (χ4n) is 10.3. The van der Waals surface area contributed by atoms with Crippen molar-refractivity contribution >= 4 is 79.7 Å². The third-order valence-corrected chi connectivity index (χ3v) is 22.1. The van der Waals surface area contributed by atoms with Gasteiger partial charge >= 0.3 is 25.4 Å². The Morgan fingerprint density at radius 3 is 1.79 bits per heavy atom. The molecule has 9 rings (SSSR count). The van der Waals surface area contributed by atoms with Gasteiger partial charge in [-0.1, -0.05) is 75.6 Å². The first-order chi connectivity index (χ1) is 40.5. The van der Waals surface area contributed by atoms with Gasteiger partial charge in [0.05, 0.1) is 62.2 Å². The van der Waals surface area contributed by atoms with Crippen molar-refractivity contribution in [2.75, 3.05) is 112 Å². The Labute approximate surface area is 514 Å². The van der Waals surface area contributed by atoms with Crippen LogP contribution in [0.4, 0.5) is 45.8 Å². The molecular formula is C64H91BClF3N8O8Si. The van der Waals surface area contributed by atoms with Gasteiger partial charge in [-0.25, -0.2) is 19.6 Å². The van der Waals surface area contributed by atoms with Crippen LogP contribution in [0.3, 0.4) is 0 Å². The van der Waals surface area contributed by atoms with Gasteiger partial charge in [-0.05, 0) is 167 Å². The van der Waals surface area contributed by atoms with Crippen LogP contribution in [-0.2, 0) is 23.2 Å². The number of hydrogen-bond acceptors (Lipinski definition) is 12. The number of anilines is 4. The lowest BCUT2D eigenvalue weighted by atomic mass is 9.76. The highest BCUT2D eigenvalue weighted by molar-refractivity contribution is 6.74. The molecule has 4 aromatic rings. The molecule has 2 aromatic heterocycles. The summed E-state index contributed by atoms with van der Waals surface area (Å²) in [5, 5.41) is 16.0. The maximum Gasteiger partial charge on any atom is 0.495 e. The number of alkyl halides is 3. The molecule has 0 unspecified atom stereocenters. The quantitative estimate of drug-likeness (QED) is 0.103. The van der Waals surface area contributed by atoms with Gasteiger partial charge < -0.3 is 58.5 Å². The molecule has 5 aliphatic heterocycles. The average Bonchev–Trinajstić information content (AvgIpc) is 2.60. The van der Waals surface area contributed by atoms with Crippen LogP contribution in [0.2, 0.25) is 23.2 Å². The van der Waals surface area contributed by atoms with Crippen molar-refractivity contribution in [3.63, 3.8) is 0 Å². The van der Waals surface area contributed by atoms with Gasteiger partial charge in [-0.2, -0.15) is 13.2 Å². The van der Waals surface area contributed by atoms with Crippen molar-refractivity contribution in [2.24, 2.45) is 11.8 Å². The number of morpholine rings is 2. The zero-order chi connectivity index (χ0) is 62.6. The monoisotopic (exact) mass is 1230 g/mol. The lowest BCUT2D eigenvalue weighted by Gasteiger charge is -2.35. The number of carbonyl (C=O) groups excluding carboxylic acids is 2. The maximum atomic E-state index is 12.8. The average molecular weight is 1230 g/mol. The van der Waals surface area contributed by atoms with Crippen molar-refractivity contribution in [1.82, 2.24) is 19.8 Å². The molecule has 2 atom stereocenters. The molecule has 7 heterocycles. The highest BCUT2D eigenvalue weighted by Gasteiger charge is 2.52. The summed E-state index contributed by atoms with van der Waals surface area (Å²) in [6, 6.07) is 19.0. The number of hydrogen-bond donors (Lipinski definition) is 3. The Morgan fingerprint density at radius 2 is 1.26 bits per heavy atom. The summed E-state index contributed by atoms with van der Waals surface area (Å²) in [7, 11) is -2.27. The molecule has 0 spiro atoms. The zero-order valence-electron chi connectivity index (χ0n) is 52.5. The SMILES string of the molecule is CC(C)(C)[Si](C)(C)OC/C=C/c1cc(Cl)cc(N2CCOCC2)n1.CC[C@@H]1CCN(C(=O)Nc2ccc(C)c(-c3cc(/C=C/CO)nc(N4CCOCC4)c3)c2)C1.Cc1ccc(NC(=O)N2CC[C@@H](CC(F)(F)F)C2)cc1B1OC(C)(C)C(C)(C)O1. The van der Waals surface area contributed by atoms with Crippen LogP contribution >= 0.6 is 11.6 Å². The molecule has 5 aliphatic rings. The van der Waals surface area contributed by atoms with Crippen LogP contribution in [0.5, 0.6) is 0 Å². The van der Waals surface area contributed by atoms with E-state index < -0.39 is 51.2 Å². The number of halogens is 4. The first-order valence-corrected chi connectivity index (χ1v) is 33.5. The Balaban J connectivity index is 0.000000187. The highest BCUT2D eigenvalue weighted by atomic mass is 35.5. The molecule has 470 valence electrons. The van der Waals surface area contributed by atoms with E-state index >= 15 is 0 Å². The van der Waals surface area contributed by atoms with Gasteiger partial charge in [0.2, 0.25) is 0 Å². The van der Waals surface area contributed by atoms with E-state index in [-0.39, 0.29) is 24.2 Å². The molecule has 4 amide bonds. The number of likely N-dealkylation sites (tertiary alicyclic amines) is 2. The van der Waals surface area contributed by atoms with Crippen molar-refractivity contribution in [3.05, 3.63) is 100 Å². The maximum absolute atomic E-state index is 12.8. The van der Waals surface area contributed by atoms with Crippen LogP contribution in [0.1, 0.15) is 104 Å². The van der Waals surface area contributed by atoms with E-state index in [4.69, 9.17) is 44.8 Å². The summed E-state index contributed by atoms with van der Waals surface area (Å²) in [6.07, 6.45) is 5.04. The van der Waals surface area contributed by atoms with E-state index in [0.29, 0.717) is 49.4 Å². The topological polar surface area (TPSA) is 163 Å². The summed E-state index contributed by atoms with van der Waals surface area (Å²) in [6.45, 7) is 34.1. The summed E-state index contributed by atoms with van der Waals surface area (Å²) < 4.78 is 67.0. The lowest BCUT2D eigenvalue weighted by Crippen LogP contribution is -2.41. The van der Waals surface area contributed by atoms with Crippen LogP contribution in [0.25, 0.3) is 23.3 Å². The largest absolute Gasteiger partial charge is 0.495 e. The van der Waals surface area contributed by atoms with Gasteiger partial charge in [-0.15, -0.1) is 0 Å². The Bertz CT molecular complexity index is 2970.